The Hall–Kier alpha value is -1.20. The molecule has 0 aliphatic carbocycles. The number of nitrogen functional groups attached to an aromatic ring is 1. The zero-order valence-corrected chi connectivity index (χ0v) is 11.4. The van der Waals surface area contributed by atoms with Crippen LogP contribution < -0.4 is 5.73 Å². The number of rotatable bonds is 2. The molecule has 0 aliphatic heterocycles. The summed E-state index contributed by atoms with van der Waals surface area (Å²) in [4.78, 5) is 13.7. The topological polar surface area (TPSA) is 43.1 Å². The molecule has 2 rings (SSSR count). The molecular formula is C12H9BrFNOS. The zero-order chi connectivity index (χ0) is 12.6. The first-order valence-corrected chi connectivity index (χ1v) is 6.45. The molecule has 2 aromatic rings. The molecule has 0 amide bonds. The Morgan fingerprint density at radius 1 is 1.41 bits per heavy atom. The van der Waals surface area contributed by atoms with Crippen molar-refractivity contribution in [3.63, 3.8) is 0 Å². The summed E-state index contributed by atoms with van der Waals surface area (Å²) in [7, 11) is 0. The molecule has 0 saturated heterocycles. The predicted molar refractivity (Wildman–Crippen MR) is 71.0 cm³/mol. The van der Waals surface area contributed by atoms with Crippen LogP contribution in [0.1, 0.15) is 20.1 Å². The zero-order valence-electron chi connectivity index (χ0n) is 8.96. The van der Waals surface area contributed by atoms with Gasteiger partial charge in [0, 0.05) is 20.6 Å². The summed E-state index contributed by atoms with van der Waals surface area (Å²) in [6.07, 6.45) is 0. The average molecular weight is 314 g/mol. The lowest BCUT2D eigenvalue weighted by Gasteiger charge is -2.02. The molecule has 0 atom stereocenters. The van der Waals surface area contributed by atoms with Gasteiger partial charge in [-0.15, -0.1) is 11.3 Å². The van der Waals surface area contributed by atoms with E-state index in [1.807, 2.05) is 6.92 Å². The summed E-state index contributed by atoms with van der Waals surface area (Å²) in [5.41, 5.74) is 6.18. The van der Waals surface area contributed by atoms with Gasteiger partial charge in [0.1, 0.15) is 5.82 Å². The Bertz CT molecular complexity index is 575. The minimum atomic E-state index is -0.463. The summed E-state index contributed by atoms with van der Waals surface area (Å²) in [6, 6.07) is 5.53. The smallest absolute Gasteiger partial charge is 0.205 e. The third-order valence-electron chi connectivity index (χ3n) is 2.34. The van der Waals surface area contributed by atoms with Crippen LogP contribution in [0, 0.1) is 12.7 Å². The fourth-order valence-electron chi connectivity index (χ4n) is 1.43. The molecule has 0 saturated carbocycles. The van der Waals surface area contributed by atoms with E-state index in [4.69, 9.17) is 5.73 Å². The molecule has 1 heterocycles. The standard InChI is InChI=1S/C12H9BrFNOS/c1-6-9(13)5-11(17-6)12(16)8-4-7(14)2-3-10(8)15/h2-5H,15H2,1H3. The van der Waals surface area contributed by atoms with E-state index in [0.29, 0.717) is 10.6 Å². The maximum atomic E-state index is 13.1. The number of aryl methyl sites for hydroxylation is 1. The van der Waals surface area contributed by atoms with Gasteiger partial charge in [0.05, 0.1) is 4.88 Å². The number of ketones is 1. The summed E-state index contributed by atoms with van der Waals surface area (Å²) in [5.74, 6) is -0.712. The van der Waals surface area contributed by atoms with E-state index in [1.54, 1.807) is 6.07 Å². The molecule has 0 fully saturated rings. The highest BCUT2D eigenvalue weighted by atomic mass is 79.9. The van der Waals surface area contributed by atoms with Crippen molar-refractivity contribution in [2.75, 3.05) is 5.73 Å². The fraction of sp³-hybridized carbons (Fsp3) is 0.0833. The van der Waals surface area contributed by atoms with Gasteiger partial charge in [-0.05, 0) is 47.1 Å². The summed E-state index contributed by atoms with van der Waals surface area (Å²) in [5, 5.41) is 0. The van der Waals surface area contributed by atoms with Crippen LogP contribution in [-0.2, 0) is 0 Å². The van der Waals surface area contributed by atoms with Crippen molar-refractivity contribution in [2.24, 2.45) is 0 Å². The highest BCUT2D eigenvalue weighted by molar-refractivity contribution is 9.10. The number of carbonyl (C=O) groups excluding carboxylic acids is 1. The van der Waals surface area contributed by atoms with Gasteiger partial charge in [-0.1, -0.05) is 0 Å². The number of nitrogens with two attached hydrogens (primary N) is 1. The van der Waals surface area contributed by atoms with E-state index in [2.05, 4.69) is 15.9 Å². The van der Waals surface area contributed by atoms with Crippen molar-refractivity contribution in [3.8, 4) is 0 Å². The number of benzene rings is 1. The first kappa shape index (κ1) is 12.3. The molecule has 0 bridgehead atoms. The Labute approximate surface area is 110 Å². The molecule has 1 aromatic heterocycles. The number of thiophene rings is 1. The Morgan fingerprint density at radius 3 is 2.71 bits per heavy atom. The fourth-order valence-corrected chi connectivity index (χ4v) is 2.92. The SMILES string of the molecule is Cc1sc(C(=O)c2cc(F)ccc2N)cc1Br. The molecule has 0 radical (unpaired) electrons. The van der Waals surface area contributed by atoms with Crippen molar-refractivity contribution in [2.45, 2.75) is 6.92 Å². The van der Waals surface area contributed by atoms with Crippen molar-refractivity contribution < 1.29 is 9.18 Å². The monoisotopic (exact) mass is 313 g/mol. The average Bonchev–Trinajstić information content (AvgIpc) is 2.62. The van der Waals surface area contributed by atoms with Crippen molar-refractivity contribution in [1.29, 1.82) is 0 Å². The van der Waals surface area contributed by atoms with Gasteiger partial charge in [0.25, 0.3) is 0 Å². The normalized spacial score (nSPS) is 10.5. The predicted octanol–water partition coefficient (Wildman–Crippen LogP) is 3.77. The molecule has 2 N–H and O–H groups in total. The third kappa shape index (κ3) is 2.40. The third-order valence-corrected chi connectivity index (χ3v) is 4.48. The lowest BCUT2D eigenvalue weighted by Crippen LogP contribution is -2.04. The van der Waals surface area contributed by atoms with Gasteiger partial charge in [-0.25, -0.2) is 4.39 Å². The van der Waals surface area contributed by atoms with Gasteiger partial charge in [0.2, 0.25) is 5.78 Å². The molecule has 0 aliphatic rings. The maximum Gasteiger partial charge on any atom is 0.205 e. The summed E-state index contributed by atoms with van der Waals surface area (Å²) >= 11 is 4.70. The molecule has 0 spiro atoms. The van der Waals surface area contributed by atoms with E-state index < -0.39 is 5.82 Å². The van der Waals surface area contributed by atoms with E-state index in [1.165, 1.54) is 29.5 Å². The number of anilines is 1. The quantitative estimate of drug-likeness (QED) is 0.677. The first-order chi connectivity index (χ1) is 7.99. The molecule has 2 nitrogen and oxygen atoms in total. The van der Waals surface area contributed by atoms with Crippen LogP contribution in [0.25, 0.3) is 0 Å². The molecular weight excluding hydrogens is 305 g/mol. The van der Waals surface area contributed by atoms with Crippen LogP contribution >= 0.6 is 27.3 Å². The van der Waals surface area contributed by atoms with E-state index in [9.17, 15) is 9.18 Å². The molecule has 5 heteroatoms. The summed E-state index contributed by atoms with van der Waals surface area (Å²) in [6.45, 7) is 1.90. The van der Waals surface area contributed by atoms with Crippen LogP contribution in [0.5, 0.6) is 0 Å². The van der Waals surface area contributed by atoms with E-state index in [-0.39, 0.29) is 11.3 Å². The van der Waals surface area contributed by atoms with Crippen molar-refractivity contribution in [1.82, 2.24) is 0 Å². The van der Waals surface area contributed by atoms with Crippen molar-refractivity contribution >= 4 is 38.7 Å². The number of hydrogen-bond donors (Lipinski definition) is 1. The second-order valence-electron chi connectivity index (χ2n) is 3.58. The maximum absolute atomic E-state index is 13.1. The highest BCUT2D eigenvalue weighted by Gasteiger charge is 2.16. The number of hydrogen-bond acceptors (Lipinski definition) is 3. The molecule has 88 valence electrons. The van der Waals surface area contributed by atoms with Crippen molar-refractivity contribution in [3.05, 3.63) is 49.9 Å². The Kier molecular flexibility index (Phi) is 3.31. The Balaban J connectivity index is 2.47. The molecule has 1 aromatic carbocycles. The van der Waals surface area contributed by atoms with Crippen LogP contribution in [0.15, 0.2) is 28.7 Å². The highest BCUT2D eigenvalue weighted by Crippen LogP contribution is 2.29. The van der Waals surface area contributed by atoms with Crippen LogP contribution in [0.3, 0.4) is 0 Å². The van der Waals surface area contributed by atoms with Gasteiger partial charge in [-0.2, -0.15) is 0 Å². The van der Waals surface area contributed by atoms with Gasteiger partial charge in [-0.3, -0.25) is 4.79 Å². The van der Waals surface area contributed by atoms with Gasteiger partial charge >= 0.3 is 0 Å². The van der Waals surface area contributed by atoms with Gasteiger partial charge in [0.15, 0.2) is 0 Å². The minimum absolute atomic E-state index is 0.207. The first-order valence-electron chi connectivity index (χ1n) is 4.84. The van der Waals surface area contributed by atoms with Crippen LogP contribution in [0.4, 0.5) is 10.1 Å². The minimum Gasteiger partial charge on any atom is -0.398 e. The van der Waals surface area contributed by atoms with Crippen LogP contribution in [0.2, 0.25) is 0 Å². The Morgan fingerprint density at radius 2 is 2.12 bits per heavy atom. The molecule has 0 unspecified atom stereocenters. The molecule has 17 heavy (non-hydrogen) atoms. The number of carbonyl (C=O) groups is 1. The lowest BCUT2D eigenvalue weighted by atomic mass is 10.1. The van der Waals surface area contributed by atoms with Gasteiger partial charge < -0.3 is 5.73 Å². The second kappa shape index (κ2) is 4.58. The largest absolute Gasteiger partial charge is 0.398 e. The van der Waals surface area contributed by atoms with E-state index in [0.717, 1.165) is 9.35 Å². The second-order valence-corrected chi connectivity index (χ2v) is 5.69. The lowest BCUT2D eigenvalue weighted by molar-refractivity contribution is 0.104. The van der Waals surface area contributed by atoms with E-state index >= 15 is 0 Å². The van der Waals surface area contributed by atoms with Crippen LogP contribution in [-0.4, -0.2) is 5.78 Å². The summed E-state index contributed by atoms with van der Waals surface area (Å²) < 4.78 is 14.0. The number of halogens is 2.